The average molecular weight is 433 g/mol. The lowest BCUT2D eigenvalue weighted by atomic mass is 10.1. The Morgan fingerprint density at radius 2 is 1.76 bits per heavy atom. The molecule has 4 aromatic rings. The smallest absolute Gasteiger partial charge is 0.267 e. The number of halogens is 2. The Labute approximate surface area is 168 Å². The molecule has 0 saturated heterocycles. The van der Waals surface area contributed by atoms with Crippen LogP contribution in [0.4, 0.5) is 14.5 Å². The van der Waals surface area contributed by atoms with Crippen molar-refractivity contribution in [1.29, 1.82) is 0 Å². The summed E-state index contributed by atoms with van der Waals surface area (Å²) in [6, 6.07) is 13.0. The molecule has 4 rings (SSSR count). The van der Waals surface area contributed by atoms with Crippen molar-refractivity contribution in [1.82, 2.24) is 10.1 Å². The summed E-state index contributed by atoms with van der Waals surface area (Å²) in [5, 5.41) is 5.80. The van der Waals surface area contributed by atoms with Crippen molar-refractivity contribution < 1.29 is 21.7 Å². The molecule has 0 fully saturated rings. The van der Waals surface area contributed by atoms with Gasteiger partial charge in [0.25, 0.3) is 10.0 Å². The molecule has 6 nitrogen and oxygen atoms in total. The lowest BCUT2D eigenvalue weighted by molar-refractivity contribution is 0.386. The van der Waals surface area contributed by atoms with Gasteiger partial charge in [-0.25, -0.2) is 17.2 Å². The normalized spacial score (nSPS) is 11.5. The zero-order chi connectivity index (χ0) is 20.4. The molecule has 2 aromatic heterocycles. The number of rotatable bonds is 6. The summed E-state index contributed by atoms with van der Waals surface area (Å²) in [5.74, 6) is -1.64. The third-order valence-corrected chi connectivity index (χ3v) is 6.28. The first-order chi connectivity index (χ1) is 13.9. The average Bonchev–Trinajstić information content (AvgIpc) is 3.34. The second-order valence-corrected chi connectivity index (χ2v) is 8.55. The molecule has 0 bridgehead atoms. The van der Waals surface area contributed by atoms with Crippen LogP contribution >= 0.6 is 11.3 Å². The molecule has 2 heterocycles. The fourth-order valence-electron chi connectivity index (χ4n) is 2.70. The summed E-state index contributed by atoms with van der Waals surface area (Å²) in [4.78, 5) is 4.11. The molecule has 2 aromatic carbocycles. The fraction of sp³-hybridized carbons (Fsp3) is 0.0526. The number of para-hydroxylation sites is 1. The predicted octanol–water partition coefficient (Wildman–Crippen LogP) is 4.47. The molecule has 10 heteroatoms. The summed E-state index contributed by atoms with van der Waals surface area (Å²) >= 11 is 1.46. The zero-order valence-corrected chi connectivity index (χ0v) is 16.3. The summed E-state index contributed by atoms with van der Waals surface area (Å²) < 4.78 is 60.5. The summed E-state index contributed by atoms with van der Waals surface area (Å²) in [5.41, 5.74) is 0.667. The van der Waals surface area contributed by atoms with Gasteiger partial charge in [0.2, 0.25) is 11.7 Å². The van der Waals surface area contributed by atoms with Crippen molar-refractivity contribution >= 4 is 27.0 Å². The number of aromatic nitrogens is 2. The minimum atomic E-state index is -4.48. The van der Waals surface area contributed by atoms with Gasteiger partial charge in [-0.1, -0.05) is 35.5 Å². The monoisotopic (exact) mass is 433 g/mol. The van der Waals surface area contributed by atoms with E-state index in [1.807, 2.05) is 17.5 Å². The second kappa shape index (κ2) is 7.72. The van der Waals surface area contributed by atoms with Gasteiger partial charge in [0.05, 0.1) is 17.0 Å². The van der Waals surface area contributed by atoms with Gasteiger partial charge in [-0.15, -0.1) is 11.3 Å². The minimum Gasteiger partial charge on any atom is -0.339 e. The lowest BCUT2D eigenvalue weighted by Gasteiger charge is -2.12. The van der Waals surface area contributed by atoms with E-state index < -0.39 is 26.6 Å². The van der Waals surface area contributed by atoms with Crippen LogP contribution in [0, 0.1) is 11.6 Å². The van der Waals surface area contributed by atoms with Crippen molar-refractivity contribution in [3.05, 3.63) is 83.1 Å². The van der Waals surface area contributed by atoms with E-state index in [0.29, 0.717) is 11.4 Å². The van der Waals surface area contributed by atoms with Crippen LogP contribution in [0.3, 0.4) is 0 Å². The Kier molecular flexibility index (Phi) is 5.12. The Bertz CT molecular complexity index is 1240. The molecular formula is C19H13F2N3O3S2. The molecule has 0 saturated carbocycles. The number of nitrogens with one attached hydrogen (secondary N) is 1. The highest BCUT2D eigenvalue weighted by molar-refractivity contribution is 7.92. The number of hydrogen-bond donors (Lipinski definition) is 1. The second-order valence-electron chi connectivity index (χ2n) is 5.98. The van der Waals surface area contributed by atoms with Crippen molar-refractivity contribution in [3.8, 4) is 10.7 Å². The Morgan fingerprint density at radius 1 is 1.00 bits per heavy atom. The quantitative estimate of drug-likeness (QED) is 0.485. The van der Waals surface area contributed by atoms with Gasteiger partial charge >= 0.3 is 0 Å². The van der Waals surface area contributed by atoms with Crippen molar-refractivity contribution in [3.63, 3.8) is 0 Å². The standard InChI is InChI=1S/C19H13F2N3O3S2/c20-13-6-3-7-14(21)18(13)29(25,26)24-15-8-2-1-5-12(15)11-17-22-19(23-27-17)16-9-4-10-28-16/h1-10,24H,11H2. The van der Waals surface area contributed by atoms with E-state index in [0.717, 1.165) is 23.1 Å². The number of sulfonamides is 1. The van der Waals surface area contributed by atoms with Gasteiger partial charge in [-0.05, 0) is 35.2 Å². The Balaban J connectivity index is 1.62. The topological polar surface area (TPSA) is 85.1 Å². The van der Waals surface area contributed by atoms with E-state index in [4.69, 9.17) is 4.52 Å². The van der Waals surface area contributed by atoms with Crippen LogP contribution < -0.4 is 4.72 Å². The molecule has 0 aliphatic heterocycles. The molecule has 0 aliphatic carbocycles. The molecule has 0 spiro atoms. The fourth-order valence-corrected chi connectivity index (χ4v) is 4.59. The SMILES string of the molecule is O=S(=O)(Nc1ccccc1Cc1nc(-c2cccs2)no1)c1c(F)cccc1F. The predicted molar refractivity (Wildman–Crippen MR) is 104 cm³/mol. The third kappa shape index (κ3) is 4.03. The van der Waals surface area contributed by atoms with Crippen molar-refractivity contribution in [2.24, 2.45) is 0 Å². The molecule has 0 aliphatic rings. The molecule has 0 atom stereocenters. The highest BCUT2D eigenvalue weighted by Gasteiger charge is 2.25. The molecule has 1 N–H and O–H groups in total. The van der Waals surface area contributed by atoms with Crippen LogP contribution in [0.25, 0.3) is 10.7 Å². The third-order valence-electron chi connectivity index (χ3n) is 4.00. The number of hydrogen-bond acceptors (Lipinski definition) is 6. The maximum absolute atomic E-state index is 13.9. The van der Waals surface area contributed by atoms with Crippen LogP contribution in [0.2, 0.25) is 0 Å². The van der Waals surface area contributed by atoms with Gasteiger partial charge < -0.3 is 4.52 Å². The zero-order valence-electron chi connectivity index (χ0n) is 14.7. The molecule has 29 heavy (non-hydrogen) atoms. The van der Waals surface area contributed by atoms with E-state index in [9.17, 15) is 17.2 Å². The summed E-state index contributed by atoms with van der Waals surface area (Å²) in [7, 11) is -4.48. The van der Waals surface area contributed by atoms with E-state index in [1.54, 1.807) is 18.2 Å². The molecule has 0 unspecified atom stereocenters. The van der Waals surface area contributed by atoms with Gasteiger partial charge in [0.1, 0.15) is 11.6 Å². The number of anilines is 1. The van der Waals surface area contributed by atoms with Crippen LogP contribution in [0.5, 0.6) is 0 Å². The van der Waals surface area contributed by atoms with E-state index >= 15 is 0 Å². The van der Waals surface area contributed by atoms with Crippen molar-refractivity contribution in [2.75, 3.05) is 4.72 Å². The van der Waals surface area contributed by atoms with E-state index in [2.05, 4.69) is 14.9 Å². The van der Waals surface area contributed by atoms with Gasteiger partial charge in [-0.2, -0.15) is 4.98 Å². The van der Waals surface area contributed by atoms with E-state index in [1.165, 1.54) is 17.4 Å². The highest BCUT2D eigenvalue weighted by atomic mass is 32.2. The van der Waals surface area contributed by atoms with Crippen LogP contribution in [-0.4, -0.2) is 18.6 Å². The Morgan fingerprint density at radius 3 is 2.48 bits per heavy atom. The number of thiophene rings is 1. The van der Waals surface area contributed by atoms with Crippen LogP contribution in [0.1, 0.15) is 11.5 Å². The maximum atomic E-state index is 13.9. The van der Waals surface area contributed by atoms with Crippen LogP contribution in [0.15, 0.2) is 69.4 Å². The summed E-state index contributed by atoms with van der Waals surface area (Å²) in [6.45, 7) is 0. The summed E-state index contributed by atoms with van der Waals surface area (Å²) in [6.07, 6.45) is 0.136. The molecular weight excluding hydrogens is 420 g/mol. The molecule has 0 amide bonds. The van der Waals surface area contributed by atoms with Crippen molar-refractivity contribution in [2.45, 2.75) is 11.3 Å². The molecule has 148 valence electrons. The first-order valence-corrected chi connectivity index (χ1v) is 10.7. The lowest BCUT2D eigenvalue weighted by Crippen LogP contribution is -2.17. The van der Waals surface area contributed by atoms with Gasteiger partial charge in [0, 0.05) is 0 Å². The Hall–Kier alpha value is -3.11. The first kappa shape index (κ1) is 19.2. The highest BCUT2D eigenvalue weighted by Crippen LogP contribution is 2.26. The number of benzene rings is 2. The maximum Gasteiger partial charge on any atom is 0.267 e. The van der Waals surface area contributed by atoms with Gasteiger partial charge in [0.15, 0.2) is 4.90 Å². The van der Waals surface area contributed by atoms with Crippen LogP contribution in [-0.2, 0) is 16.4 Å². The molecule has 0 radical (unpaired) electrons. The van der Waals surface area contributed by atoms with Gasteiger partial charge in [-0.3, -0.25) is 4.72 Å². The first-order valence-electron chi connectivity index (χ1n) is 8.35. The number of nitrogens with zero attached hydrogens (tertiary/aromatic N) is 2. The minimum absolute atomic E-state index is 0.136. The van der Waals surface area contributed by atoms with E-state index in [-0.39, 0.29) is 18.0 Å². The largest absolute Gasteiger partial charge is 0.339 e.